The zero-order valence-corrected chi connectivity index (χ0v) is 26.1. The van der Waals surface area contributed by atoms with Crippen molar-refractivity contribution in [1.29, 1.82) is 0 Å². The minimum absolute atomic E-state index is 0. The molecular weight excluding hydrogens is 679 g/mol. The Hall–Kier alpha value is -2.85. The van der Waals surface area contributed by atoms with Gasteiger partial charge in [0.15, 0.2) is 0 Å². The Balaban J connectivity index is 0.000000196. The molecule has 0 saturated carbocycles. The molecule has 2 N–H and O–H groups in total. The normalized spacial score (nSPS) is 12.1. The summed E-state index contributed by atoms with van der Waals surface area (Å²) < 4.78 is 2.70. The number of carbonyl (C=O) groups excluding carboxylic acids is 1. The van der Waals surface area contributed by atoms with Gasteiger partial charge in [0.05, 0.1) is 12.0 Å². The topological polar surface area (TPSA) is 54.5 Å². The third-order valence-electron chi connectivity index (χ3n) is 7.86. The van der Waals surface area contributed by atoms with Gasteiger partial charge in [0.25, 0.3) is 0 Å². The van der Waals surface area contributed by atoms with E-state index in [2.05, 4.69) is 53.5 Å². The molecule has 6 aromatic rings. The summed E-state index contributed by atoms with van der Waals surface area (Å²) in [6.45, 7) is 8.19. The number of hydrogen-bond acceptors (Lipinski definition) is 3. The first-order valence-corrected chi connectivity index (χ1v) is 14.5. The molecule has 0 amide bonds. The van der Waals surface area contributed by atoms with Crippen LogP contribution in [0, 0.1) is 17.9 Å². The van der Waals surface area contributed by atoms with E-state index in [1.54, 1.807) is 6.08 Å². The van der Waals surface area contributed by atoms with Crippen molar-refractivity contribution in [2.24, 2.45) is 11.8 Å². The van der Waals surface area contributed by atoms with Crippen LogP contribution >= 0.6 is 11.3 Å². The fraction of sp³-hybridized carbons (Fsp3) is 0.294. The van der Waals surface area contributed by atoms with E-state index in [0.29, 0.717) is 11.5 Å². The van der Waals surface area contributed by atoms with Crippen molar-refractivity contribution in [3.05, 3.63) is 78.7 Å². The van der Waals surface area contributed by atoms with Crippen molar-refractivity contribution in [3.63, 3.8) is 0 Å². The van der Waals surface area contributed by atoms with Crippen LogP contribution in [0.25, 0.3) is 52.6 Å². The molecule has 0 bridgehead atoms. The number of nitrogens with zero attached hydrogens (tertiary/aromatic N) is 1. The predicted octanol–water partition coefficient (Wildman–Crippen LogP) is 9.99. The van der Waals surface area contributed by atoms with Gasteiger partial charge >= 0.3 is 5.78 Å². The minimum atomic E-state index is 0. The van der Waals surface area contributed by atoms with E-state index in [0.717, 1.165) is 36.6 Å². The molecule has 0 aliphatic carbocycles. The maximum atomic E-state index is 9.80. The largest absolute Gasteiger partial charge is 0.512 e. The molecule has 0 fully saturated rings. The average molecular weight is 714 g/mol. The first-order valence-electron chi connectivity index (χ1n) is 13.7. The third kappa shape index (κ3) is 5.33. The average Bonchev–Trinajstić information content (AvgIpc) is 3.35. The van der Waals surface area contributed by atoms with Crippen molar-refractivity contribution >= 4 is 69.7 Å². The number of allylic oxidation sites excluding steroid dienone is 2. The quantitative estimate of drug-likeness (QED) is 0.0447. The molecule has 203 valence electrons. The standard InChI is InChI=1S/C21H10NS.C13H24O2.Ir/c1-2-6-13-12(5-1)11-16-14-8-4-10-22-20(14)15-7-3-9-17-18(15)19(16)21(13)23-17;1-5-10(6-2)12(14)9-13(15)11(7-3)8-4;/h1-6,8-11H;9-11,14H,5-8H2,1-4H3;/q-1;;/p+1/b;12-9-;. The van der Waals surface area contributed by atoms with E-state index in [1.165, 1.54) is 41.7 Å². The summed E-state index contributed by atoms with van der Waals surface area (Å²) in [5, 5.41) is 18.8. The number of aliphatic hydroxyl groups is 1. The Bertz CT molecular complexity index is 1760. The van der Waals surface area contributed by atoms with E-state index >= 15 is 0 Å². The smallest absolute Gasteiger partial charge is 0.322 e. The van der Waals surface area contributed by atoms with Gasteiger partial charge in [-0.1, -0.05) is 63.4 Å². The van der Waals surface area contributed by atoms with Gasteiger partial charge in [-0.3, -0.25) is 4.79 Å². The van der Waals surface area contributed by atoms with Crippen LogP contribution in [0.5, 0.6) is 0 Å². The number of ketones is 1. The van der Waals surface area contributed by atoms with E-state index in [4.69, 9.17) is 0 Å². The van der Waals surface area contributed by atoms with Crippen LogP contribution in [0.2, 0.25) is 0 Å². The Morgan fingerprint density at radius 1 is 0.923 bits per heavy atom. The summed E-state index contributed by atoms with van der Waals surface area (Å²) in [7, 11) is 0. The van der Waals surface area contributed by atoms with Crippen molar-refractivity contribution in [2.45, 2.75) is 53.4 Å². The van der Waals surface area contributed by atoms with Crippen LogP contribution in [0.3, 0.4) is 0 Å². The van der Waals surface area contributed by atoms with Crippen LogP contribution in [0.1, 0.15) is 53.4 Å². The van der Waals surface area contributed by atoms with Crippen LogP contribution in [-0.2, 0) is 20.1 Å². The zero-order chi connectivity index (χ0) is 26.8. The maximum absolute atomic E-state index is 9.80. The monoisotopic (exact) mass is 714 g/mol. The van der Waals surface area contributed by atoms with Crippen LogP contribution in [-0.4, -0.2) is 20.7 Å². The van der Waals surface area contributed by atoms with E-state index in [9.17, 15) is 9.90 Å². The fourth-order valence-corrected chi connectivity index (χ4v) is 6.89. The summed E-state index contributed by atoms with van der Waals surface area (Å²) in [6.07, 6.45) is 7.07. The number of benzene rings is 4. The molecular formula is C34H35IrNO2S. The van der Waals surface area contributed by atoms with Gasteiger partial charge in [-0.25, -0.2) is 0 Å². The molecule has 5 heteroatoms. The van der Waals surface area contributed by atoms with Crippen LogP contribution in [0.15, 0.2) is 72.6 Å². The van der Waals surface area contributed by atoms with Crippen molar-refractivity contribution in [2.75, 3.05) is 0 Å². The molecule has 3 nitrogen and oxygen atoms in total. The molecule has 0 saturated heterocycles. The number of hydrogen-bond donors (Lipinski definition) is 1. The molecule has 0 atom stereocenters. The van der Waals surface area contributed by atoms with Gasteiger partial charge in [0.1, 0.15) is 5.76 Å². The Kier molecular flexibility index (Phi) is 9.38. The molecule has 0 spiro atoms. The first-order chi connectivity index (χ1) is 18.5. The van der Waals surface area contributed by atoms with E-state index in [1.807, 2.05) is 57.4 Å². The molecule has 1 radical (unpaired) electrons. The third-order valence-corrected chi connectivity index (χ3v) is 9.05. The van der Waals surface area contributed by atoms with E-state index < -0.39 is 0 Å². The molecule has 4 aromatic carbocycles. The summed E-state index contributed by atoms with van der Waals surface area (Å²) in [4.78, 5) is 14.5. The number of aromatic nitrogens is 1. The minimum Gasteiger partial charge on any atom is -0.512 e. The number of pyridine rings is 1. The van der Waals surface area contributed by atoms with Crippen molar-refractivity contribution in [1.82, 2.24) is 4.98 Å². The summed E-state index contributed by atoms with van der Waals surface area (Å²) in [5.41, 5.74) is 1.06. The molecule has 2 heterocycles. The molecule has 6 rings (SSSR count). The first kappa shape index (κ1) is 29.1. The zero-order valence-electron chi connectivity index (χ0n) is 22.9. The van der Waals surface area contributed by atoms with Gasteiger partial charge in [0, 0.05) is 36.9 Å². The molecule has 0 aliphatic rings. The molecule has 0 aliphatic heterocycles. The molecule has 0 unspecified atom stereocenters. The van der Waals surface area contributed by atoms with Crippen molar-refractivity contribution < 1.29 is 30.0 Å². The van der Waals surface area contributed by atoms with Gasteiger partial charge in [-0.15, -0.1) is 23.6 Å². The number of fused-ring (bicyclic) bond motifs is 5. The van der Waals surface area contributed by atoms with Gasteiger partial charge in [0.2, 0.25) is 0 Å². The SMILES string of the molecule is CCC(CC)C(=[OH+])/C=C(\O)C(CC)CC.[Ir].[c-]1ccc2sc3c4ccccc4cc4c5cccnc5c1c2c43. The second kappa shape index (κ2) is 12.6. The van der Waals surface area contributed by atoms with Crippen LogP contribution < -0.4 is 0 Å². The number of rotatable bonds is 7. The van der Waals surface area contributed by atoms with Gasteiger partial charge in [-0.2, -0.15) is 11.3 Å². The number of aliphatic hydroxyl groups excluding tert-OH is 1. The fourth-order valence-electron chi connectivity index (χ4n) is 5.61. The molecule has 2 aromatic heterocycles. The second-order valence-electron chi connectivity index (χ2n) is 9.96. The maximum Gasteiger partial charge on any atom is 0.322 e. The summed E-state index contributed by atoms with van der Waals surface area (Å²) >= 11 is 1.88. The summed E-state index contributed by atoms with van der Waals surface area (Å²) in [6, 6.07) is 22.8. The van der Waals surface area contributed by atoms with Crippen LogP contribution in [0.4, 0.5) is 0 Å². The van der Waals surface area contributed by atoms with Crippen molar-refractivity contribution in [3.8, 4) is 0 Å². The van der Waals surface area contributed by atoms with Gasteiger partial charge in [-0.05, 0) is 75.0 Å². The van der Waals surface area contributed by atoms with E-state index in [-0.39, 0.29) is 31.9 Å². The Labute approximate surface area is 247 Å². The molecule has 39 heavy (non-hydrogen) atoms. The number of thiophene rings is 1. The van der Waals surface area contributed by atoms with Gasteiger partial charge < -0.3 is 10.1 Å². The summed E-state index contributed by atoms with van der Waals surface area (Å²) in [5.74, 6) is 1.01. The Morgan fingerprint density at radius 3 is 2.33 bits per heavy atom. The predicted molar refractivity (Wildman–Crippen MR) is 165 cm³/mol. The second-order valence-corrected chi connectivity index (χ2v) is 11.0. The Morgan fingerprint density at radius 2 is 1.62 bits per heavy atom.